The molecule has 1 unspecified atom stereocenters. The summed E-state index contributed by atoms with van der Waals surface area (Å²) in [5.41, 5.74) is 0.0197. The van der Waals surface area contributed by atoms with Crippen LogP contribution in [0.15, 0.2) is 76.5 Å². The number of carbonyl (C=O) groups is 2. The van der Waals surface area contributed by atoms with Crippen LogP contribution in [-0.4, -0.2) is 25.3 Å². The van der Waals surface area contributed by atoms with Crippen LogP contribution < -0.4 is 5.32 Å². The van der Waals surface area contributed by atoms with Crippen LogP contribution in [0.4, 0.5) is 13.6 Å². The molecule has 1 aliphatic heterocycles. The summed E-state index contributed by atoms with van der Waals surface area (Å²) >= 11 is 0. The quantitative estimate of drug-likeness (QED) is 0.570. The highest BCUT2D eigenvalue weighted by Crippen LogP contribution is 2.31. The van der Waals surface area contributed by atoms with E-state index in [1.54, 1.807) is 12.1 Å². The first-order valence-corrected chi connectivity index (χ1v) is 11.5. The van der Waals surface area contributed by atoms with E-state index in [4.69, 9.17) is 0 Å². The van der Waals surface area contributed by atoms with Gasteiger partial charge in [-0.05, 0) is 61.4 Å². The number of hydrogen-bond acceptors (Lipinski definition) is 4. The minimum absolute atomic E-state index is 0.0823. The molecule has 4 rings (SSSR count). The Bertz CT molecular complexity index is 1360. The number of rotatable bonds is 5. The largest absolute Gasteiger partial charge is 0.325 e. The summed E-state index contributed by atoms with van der Waals surface area (Å²) in [6, 6.07) is 14.7. The highest BCUT2D eigenvalue weighted by molar-refractivity contribution is 7.91. The molecule has 33 heavy (non-hydrogen) atoms. The lowest BCUT2D eigenvalue weighted by Crippen LogP contribution is -2.41. The molecule has 1 fully saturated rings. The van der Waals surface area contributed by atoms with Crippen molar-refractivity contribution in [2.24, 2.45) is 0 Å². The number of halogens is 2. The summed E-state index contributed by atoms with van der Waals surface area (Å²) < 4.78 is 52.6. The lowest BCUT2D eigenvalue weighted by molar-refractivity contribution is -0.131. The average molecular weight is 470 g/mol. The van der Waals surface area contributed by atoms with Crippen molar-refractivity contribution < 1.29 is 26.8 Å². The number of nitrogens with zero attached hydrogens (tertiary/aromatic N) is 1. The van der Waals surface area contributed by atoms with Gasteiger partial charge in [-0.2, -0.15) is 0 Å². The van der Waals surface area contributed by atoms with Gasteiger partial charge in [0, 0.05) is 0 Å². The van der Waals surface area contributed by atoms with Crippen molar-refractivity contribution >= 4 is 21.8 Å². The average Bonchev–Trinajstić information content (AvgIpc) is 3.00. The van der Waals surface area contributed by atoms with Crippen molar-refractivity contribution in [2.45, 2.75) is 35.7 Å². The maximum absolute atomic E-state index is 13.7. The first kappa shape index (κ1) is 22.6. The number of sulfone groups is 1. The molecule has 0 spiro atoms. The van der Waals surface area contributed by atoms with E-state index in [0.717, 1.165) is 22.6 Å². The molecule has 1 aliphatic rings. The van der Waals surface area contributed by atoms with E-state index in [-0.39, 0.29) is 21.9 Å². The van der Waals surface area contributed by atoms with Crippen LogP contribution in [0.25, 0.3) is 0 Å². The Kier molecular flexibility index (Phi) is 5.53. The number of hydrogen-bond donors (Lipinski definition) is 1. The van der Waals surface area contributed by atoms with Gasteiger partial charge in [0.05, 0.1) is 16.3 Å². The van der Waals surface area contributed by atoms with E-state index in [2.05, 4.69) is 5.32 Å². The van der Waals surface area contributed by atoms with E-state index in [1.165, 1.54) is 49.4 Å². The molecule has 1 N–H and O–H groups in total. The Morgan fingerprint density at radius 3 is 2.03 bits per heavy atom. The first-order valence-electron chi connectivity index (χ1n) is 10.0. The molecule has 1 heterocycles. The molecule has 1 atom stereocenters. The van der Waals surface area contributed by atoms with E-state index in [1.807, 2.05) is 6.92 Å². The van der Waals surface area contributed by atoms with E-state index in [0.29, 0.717) is 5.56 Å². The molecule has 3 amide bonds. The molecule has 0 aliphatic carbocycles. The van der Waals surface area contributed by atoms with Crippen molar-refractivity contribution in [1.82, 2.24) is 10.2 Å². The smallest absolute Gasteiger partial charge is 0.319 e. The zero-order valence-electron chi connectivity index (χ0n) is 17.8. The van der Waals surface area contributed by atoms with E-state index >= 15 is 0 Å². The summed E-state index contributed by atoms with van der Waals surface area (Å²) in [5, 5.41) is 2.53. The number of benzene rings is 3. The van der Waals surface area contributed by atoms with Gasteiger partial charge in [0.15, 0.2) is 11.6 Å². The number of carbonyl (C=O) groups excluding carboxylic acids is 2. The zero-order valence-corrected chi connectivity index (χ0v) is 18.6. The van der Waals surface area contributed by atoms with Gasteiger partial charge in [-0.3, -0.25) is 9.69 Å². The summed E-state index contributed by atoms with van der Waals surface area (Å²) in [7, 11) is -3.71. The predicted molar refractivity (Wildman–Crippen MR) is 116 cm³/mol. The first-order chi connectivity index (χ1) is 15.5. The number of urea groups is 1. The Morgan fingerprint density at radius 1 is 0.879 bits per heavy atom. The van der Waals surface area contributed by atoms with Crippen LogP contribution >= 0.6 is 0 Å². The Balaban J connectivity index is 1.55. The van der Waals surface area contributed by atoms with Crippen LogP contribution in [0, 0.1) is 18.6 Å². The molecule has 3 aromatic carbocycles. The van der Waals surface area contributed by atoms with Gasteiger partial charge >= 0.3 is 6.03 Å². The van der Waals surface area contributed by atoms with Crippen LogP contribution in [0.1, 0.15) is 23.6 Å². The molecular weight excluding hydrogens is 450 g/mol. The van der Waals surface area contributed by atoms with E-state index in [9.17, 15) is 26.8 Å². The number of nitrogens with one attached hydrogen (secondary N) is 1. The summed E-state index contributed by atoms with van der Waals surface area (Å²) in [6.07, 6.45) is 0. The molecule has 1 saturated heterocycles. The summed E-state index contributed by atoms with van der Waals surface area (Å²) in [4.78, 5) is 26.7. The normalized spacial score (nSPS) is 18.5. The molecule has 170 valence electrons. The fourth-order valence-corrected chi connectivity index (χ4v) is 4.91. The Hall–Kier alpha value is -3.59. The van der Waals surface area contributed by atoms with Gasteiger partial charge in [0.2, 0.25) is 9.84 Å². The minimum atomic E-state index is -3.71. The molecule has 6 nitrogen and oxygen atoms in total. The predicted octanol–water partition coefficient (Wildman–Crippen LogP) is 4.07. The SMILES string of the molecule is Cc1ccc(S(=O)(=O)c2ccc(CN3C(=O)NC(C)(c4ccc(F)c(F)c4)C3=O)cc2)cc1. The molecule has 0 bridgehead atoms. The molecule has 0 aromatic heterocycles. The highest BCUT2D eigenvalue weighted by Gasteiger charge is 2.49. The van der Waals surface area contributed by atoms with Gasteiger partial charge in [0.25, 0.3) is 5.91 Å². The third-order valence-corrected chi connectivity index (χ3v) is 7.46. The van der Waals surface area contributed by atoms with Gasteiger partial charge in [-0.25, -0.2) is 22.0 Å². The van der Waals surface area contributed by atoms with Gasteiger partial charge in [-0.15, -0.1) is 0 Å². The third kappa shape index (κ3) is 4.00. The summed E-state index contributed by atoms with van der Waals surface area (Å²) in [6.45, 7) is 3.16. The van der Waals surface area contributed by atoms with Crippen molar-refractivity contribution in [1.29, 1.82) is 0 Å². The molecule has 0 radical (unpaired) electrons. The van der Waals surface area contributed by atoms with Crippen molar-refractivity contribution in [3.63, 3.8) is 0 Å². The van der Waals surface area contributed by atoms with Gasteiger partial charge in [-0.1, -0.05) is 35.9 Å². The highest BCUT2D eigenvalue weighted by atomic mass is 32.2. The van der Waals surface area contributed by atoms with Crippen LogP contribution in [0.5, 0.6) is 0 Å². The van der Waals surface area contributed by atoms with Crippen molar-refractivity contribution in [3.8, 4) is 0 Å². The topological polar surface area (TPSA) is 83.6 Å². The summed E-state index contributed by atoms with van der Waals surface area (Å²) in [5.74, 6) is -2.81. The van der Waals surface area contributed by atoms with Crippen molar-refractivity contribution in [2.75, 3.05) is 0 Å². The standard InChI is InChI=1S/C24H20F2N2O4S/c1-15-3-8-18(9-4-15)33(31,32)19-10-5-16(6-11-19)14-28-22(29)24(2,27-23(28)30)17-7-12-20(25)21(26)13-17/h3-13H,14H2,1-2H3,(H,27,30). The zero-order chi connectivity index (χ0) is 24.0. The molecular formula is C24H20F2N2O4S. The lowest BCUT2D eigenvalue weighted by atomic mass is 9.92. The van der Waals surface area contributed by atoms with Gasteiger partial charge in [0.1, 0.15) is 5.54 Å². The maximum Gasteiger partial charge on any atom is 0.325 e. The van der Waals surface area contributed by atoms with Gasteiger partial charge < -0.3 is 5.32 Å². The van der Waals surface area contributed by atoms with Crippen LogP contribution in [0.3, 0.4) is 0 Å². The lowest BCUT2D eigenvalue weighted by Gasteiger charge is -2.22. The number of imide groups is 1. The van der Waals surface area contributed by atoms with Crippen molar-refractivity contribution in [3.05, 3.63) is 95.1 Å². The number of aryl methyl sites for hydroxylation is 1. The van der Waals surface area contributed by atoms with E-state index < -0.39 is 38.9 Å². The number of amides is 3. The second kappa shape index (κ2) is 8.08. The Morgan fingerprint density at radius 2 is 1.45 bits per heavy atom. The minimum Gasteiger partial charge on any atom is -0.319 e. The second-order valence-corrected chi connectivity index (χ2v) is 9.99. The maximum atomic E-state index is 13.7. The second-order valence-electron chi connectivity index (χ2n) is 8.04. The monoisotopic (exact) mass is 470 g/mol. The molecule has 9 heteroatoms. The molecule has 3 aromatic rings. The van der Waals surface area contributed by atoms with Crippen LogP contribution in [0.2, 0.25) is 0 Å². The Labute approximate surface area is 189 Å². The fraction of sp³-hybridized carbons (Fsp3) is 0.167. The molecule has 0 saturated carbocycles. The fourth-order valence-electron chi connectivity index (χ4n) is 3.65. The third-order valence-electron chi connectivity index (χ3n) is 5.68. The van der Waals surface area contributed by atoms with Crippen LogP contribution in [-0.2, 0) is 26.7 Å².